The fourth-order valence-corrected chi connectivity index (χ4v) is 5.40. The smallest absolute Gasteiger partial charge is 0.339 e. The molecule has 0 fully saturated rings. The molecule has 1 aromatic heterocycles. The fourth-order valence-electron chi connectivity index (χ4n) is 5.40. The Morgan fingerprint density at radius 1 is 1.10 bits per heavy atom. The highest BCUT2D eigenvalue weighted by Crippen LogP contribution is 2.42. The van der Waals surface area contributed by atoms with E-state index in [2.05, 4.69) is 0 Å². The van der Waals surface area contributed by atoms with Gasteiger partial charge in [-0.3, -0.25) is 4.79 Å². The number of aliphatic carboxylic acids is 1. The van der Waals surface area contributed by atoms with Crippen molar-refractivity contribution in [2.45, 2.75) is 58.8 Å². The molecule has 7 nitrogen and oxygen atoms in total. The number of ether oxygens (including phenoxy) is 3. The van der Waals surface area contributed by atoms with E-state index in [0.29, 0.717) is 28.7 Å². The van der Waals surface area contributed by atoms with E-state index in [1.807, 2.05) is 19.1 Å². The van der Waals surface area contributed by atoms with E-state index >= 15 is 0 Å². The van der Waals surface area contributed by atoms with Gasteiger partial charge in [0.15, 0.2) is 6.10 Å². The summed E-state index contributed by atoms with van der Waals surface area (Å²) in [5, 5.41) is 11.3. The Balaban J connectivity index is 1.73. The molecule has 0 amide bonds. The van der Waals surface area contributed by atoms with Gasteiger partial charge < -0.3 is 23.9 Å². The first-order valence-electron chi connectivity index (χ1n) is 13.6. The fraction of sp³-hybridized carbons (Fsp3) is 0.333. The zero-order valence-corrected chi connectivity index (χ0v) is 23.9. The van der Waals surface area contributed by atoms with Crippen molar-refractivity contribution in [2.75, 3.05) is 6.61 Å². The van der Waals surface area contributed by atoms with Gasteiger partial charge in [-0.2, -0.15) is 0 Å². The minimum Gasteiger partial charge on any atom is -0.493 e. The van der Waals surface area contributed by atoms with Gasteiger partial charge in [-0.15, -0.1) is 0 Å². The second-order valence-electron chi connectivity index (χ2n) is 11.4. The number of nitrogens with zero attached hydrogens (tertiary/aromatic N) is 1. The molecule has 0 unspecified atom stereocenters. The van der Waals surface area contributed by atoms with Gasteiger partial charge in [-0.05, 0) is 105 Å². The molecule has 214 valence electrons. The van der Waals surface area contributed by atoms with Crippen molar-refractivity contribution in [3.63, 3.8) is 0 Å². The average Bonchev–Trinajstić information content (AvgIpc) is 2.93. The Morgan fingerprint density at radius 3 is 2.51 bits per heavy atom. The summed E-state index contributed by atoms with van der Waals surface area (Å²) < 4.78 is 32.6. The highest BCUT2D eigenvalue weighted by atomic mass is 19.1. The summed E-state index contributed by atoms with van der Waals surface area (Å²) in [5.41, 5.74) is 3.37. The lowest BCUT2D eigenvalue weighted by atomic mass is 9.88. The summed E-state index contributed by atoms with van der Waals surface area (Å²) in [6, 6.07) is 15.1. The van der Waals surface area contributed by atoms with Crippen LogP contribution >= 0.6 is 0 Å². The molecule has 0 spiro atoms. The Bertz CT molecular complexity index is 1680. The minimum absolute atomic E-state index is 0.196. The van der Waals surface area contributed by atoms with Crippen molar-refractivity contribution < 1.29 is 28.5 Å². The van der Waals surface area contributed by atoms with Crippen LogP contribution in [0.3, 0.4) is 0 Å². The van der Waals surface area contributed by atoms with Crippen LogP contribution in [0.4, 0.5) is 4.39 Å². The summed E-state index contributed by atoms with van der Waals surface area (Å²) >= 11 is 0. The van der Waals surface area contributed by atoms with Crippen molar-refractivity contribution in [2.24, 2.45) is 7.05 Å². The molecule has 1 atom stereocenters. The third kappa shape index (κ3) is 5.70. The van der Waals surface area contributed by atoms with Gasteiger partial charge in [-0.25, -0.2) is 9.18 Å². The van der Waals surface area contributed by atoms with Crippen molar-refractivity contribution in [3.05, 3.63) is 93.2 Å². The molecule has 3 aromatic carbocycles. The number of rotatable bonds is 7. The van der Waals surface area contributed by atoms with Crippen LogP contribution in [0, 0.1) is 12.7 Å². The van der Waals surface area contributed by atoms with Crippen LogP contribution in [0.2, 0.25) is 0 Å². The number of pyridine rings is 1. The molecule has 41 heavy (non-hydrogen) atoms. The van der Waals surface area contributed by atoms with Gasteiger partial charge in [-0.1, -0.05) is 18.2 Å². The molecule has 5 rings (SSSR count). The summed E-state index contributed by atoms with van der Waals surface area (Å²) in [7, 11) is 1.57. The van der Waals surface area contributed by atoms with E-state index in [0.717, 1.165) is 40.8 Å². The van der Waals surface area contributed by atoms with Gasteiger partial charge in [0.25, 0.3) is 5.56 Å². The standard InChI is InChI=1S/C33H34FNO6/c1-19-23-7-6-16-39-27(23)15-14-24(19)28-25-13-12-22(40-18-20-8-10-21(34)11-9-20)17-26(25)31(36)35(5)29(28)30(32(37)38)41-33(2,3)4/h8-15,17,30H,6-7,16,18H2,1-5H3,(H,37,38)/t30-/m0/s1. The van der Waals surface area contributed by atoms with E-state index in [1.165, 1.54) is 16.7 Å². The Kier molecular flexibility index (Phi) is 7.62. The second-order valence-corrected chi connectivity index (χ2v) is 11.4. The zero-order chi connectivity index (χ0) is 29.5. The van der Waals surface area contributed by atoms with Gasteiger partial charge >= 0.3 is 5.97 Å². The van der Waals surface area contributed by atoms with E-state index in [-0.39, 0.29) is 23.7 Å². The lowest BCUT2D eigenvalue weighted by molar-refractivity contribution is -0.161. The average molecular weight is 560 g/mol. The molecule has 0 saturated carbocycles. The van der Waals surface area contributed by atoms with E-state index in [4.69, 9.17) is 14.2 Å². The van der Waals surface area contributed by atoms with Crippen molar-refractivity contribution in [1.29, 1.82) is 0 Å². The van der Waals surface area contributed by atoms with E-state index in [1.54, 1.807) is 58.2 Å². The first-order valence-corrected chi connectivity index (χ1v) is 13.6. The Morgan fingerprint density at radius 2 is 1.83 bits per heavy atom. The maximum Gasteiger partial charge on any atom is 0.339 e. The van der Waals surface area contributed by atoms with E-state index < -0.39 is 17.7 Å². The number of carboxylic acid groups (broad SMARTS) is 1. The molecule has 0 bridgehead atoms. The van der Waals surface area contributed by atoms with Crippen molar-refractivity contribution in [3.8, 4) is 22.6 Å². The first kappa shape index (κ1) is 28.4. The van der Waals surface area contributed by atoms with Crippen molar-refractivity contribution >= 4 is 16.7 Å². The molecule has 1 N–H and O–H groups in total. The highest BCUT2D eigenvalue weighted by Gasteiger charge is 2.34. The van der Waals surface area contributed by atoms with Crippen LogP contribution in [-0.2, 0) is 29.6 Å². The molecular weight excluding hydrogens is 525 g/mol. The predicted octanol–water partition coefficient (Wildman–Crippen LogP) is 6.50. The molecule has 1 aliphatic heterocycles. The summed E-state index contributed by atoms with van der Waals surface area (Å²) in [6.07, 6.45) is 0.335. The molecule has 0 aliphatic carbocycles. The van der Waals surface area contributed by atoms with Gasteiger partial charge in [0.2, 0.25) is 0 Å². The monoisotopic (exact) mass is 559 g/mol. The van der Waals surface area contributed by atoms with Crippen LogP contribution in [0.25, 0.3) is 21.9 Å². The molecular formula is C33H34FNO6. The first-order chi connectivity index (χ1) is 19.4. The summed E-state index contributed by atoms with van der Waals surface area (Å²) in [6.45, 7) is 8.21. The van der Waals surface area contributed by atoms with Crippen molar-refractivity contribution in [1.82, 2.24) is 4.57 Å². The topological polar surface area (TPSA) is 87.0 Å². The van der Waals surface area contributed by atoms with E-state index in [9.17, 15) is 19.1 Å². The Hall–Kier alpha value is -4.17. The third-order valence-corrected chi connectivity index (χ3v) is 7.33. The Labute approximate surface area is 238 Å². The maximum atomic E-state index is 13.8. The van der Waals surface area contributed by atoms with Gasteiger partial charge in [0.1, 0.15) is 23.9 Å². The quantitative estimate of drug-likeness (QED) is 0.278. The number of carboxylic acids is 1. The highest BCUT2D eigenvalue weighted by molar-refractivity contribution is 6.00. The summed E-state index contributed by atoms with van der Waals surface area (Å²) in [4.78, 5) is 26.5. The zero-order valence-electron chi connectivity index (χ0n) is 23.9. The SMILES string of the molecule is Cc1c(-c2c([C@H](OC(C)(C)C)C(=O)O)n(C)c(=O)c3cc(OCc4ccc(F)cc4)ccc23)ccc2c1CCCO2. The number of hydrogen-bond acceptors (Lipinski definition) is 5. The molecule has 4 aromatic rings. The van der Waals surface area contributed by atoms with Gasteiger partial charge in [0, 0.05) is 12.6 Å². The van der Waals surface area contributed by atoms with Gasteiger partial charge in [0.05, 0.1) is 23.3 Å². The number of benzene rings is 3. The normalized spacial score (nSPS) is 13.9. The van der Waals surface area contributed by atoms with Crippen LogP contribution in [-0.4, -0.2) is 27.9 Å². The molecule has 1 aliphatic rings. The molecule has 0 saturated heterocycles. The van der Waals surface area contributed by atoms with Crippen LogP contribution < -0.4 is 15.0 Å². The largest absolute Gasteiger partial charge is 0.493 e. The second kappa shape index (κ2) is 11.0. The molecule has 0 radical (unpaired) electrons. The van der Waals surface area contributed by atoms with Crippen LogP contribution in [0.15, 0.2) is 59.4 Å². The predicted molar refractivity (Wildman–Crippen MR) is 155 cm³/mol. The lowest BCUT2D eigenvalue weighted by Crippen LogP contribution is -2.33. The number of carbonyl (C=O) groups is 1. The maximum absolute atomic E-state index is 13.8. The number of halogens is 1. The van der Waals surface area contributed by atoms with Crippen LogP contribution in [0.5, 0.6) is 11.5 Å². The van der Waals surface area contributed by atoms with Crippen LogP contribution in [0.1, 0.15) is 55.7 Å². The number of fused-ring (bicyclic) bond motifs is 2. The molecule has 2 heterocycles. The summed E-state index contributed by atoms with van der Waals surface area (Å²) in [5.74, 6) is -0.224. The lowest BCUT2D eigenvalue weighted by Gasteiger charge is -2.29. The minimum atomic E-state index is -1.40. The number of hydrogen-bond donors (Lipinski definition) is 1. The third-order valence-electron chi connectivity index (χ3n) is 7.33. The number of aromatic nitrogens is 1. The molecule has 8 heteroatoms.